The van der Waals surface area contributed by atoms with E-state index in [0.717, 1.165) is 6.42 Å². The van der Waals surface area contributed by atoms with Crippen LogP contribution in [-0.2, 0) is 5.41 Å². The van der Waals surface area contributed by atoms with Gasteiger partial charge in [-0.25, -0.2) is 0 Å². The molecule has 0 aliphatic carbocycles. The fourth-order valence-electron chi connectivity index (χ4n) is 2.51. The molecule has 0 spiro atoms. The number of aliphatic hydroxyl groups is 1. The minimum absolute atomic E-state index is 0.173. The molecule has 2 heteroatoms. The number of aliphatic hydroxyl groups excluding tert-OH is 1. The second kappa shape index (κ2) is 6.53. The Morgan fingerprint density at radius 3 is 2.37 bits per heavy atom. The molecular weight excluding hydrogens is 234 g/mol. The number of hydrogen-bond donors (Lipinski definition) is 2. The first-order valence-corrected chi connectivity index (χ1v) is 7.21. The van der Waals surface area contributed by atoms with Gasteiger partial charge in [-0.05, 0) is 53.8 Å². The first-order chi connectivity index (χ1) is 8.79. The number of benzene rings is 1. The number of hydrogen-bond acceptors (Lipinski definition) is 2. The van der Waals surface area contributed by atoms with E-state index in [1.807, 2.05) is 0 Å². The van der Waals surface area contributed by atoms with Crippen LogP contribution >= 0.6 is 0 Å². The predicted octanol–water partition coefficient (Wildman–Crippen LogP) is 3.35. The second-order valence-corrected chi connectivity index (χ2v) is 6.74. The lowest BCUT2D eigenvalue weighted by molar-refractivity contribution is 0.217. The van der Waals surface area contributed by atoms with Crippen LogP contribution in [0.15, 0.2) is 18.2 Å². The zero-order valence-electron chi connectivity index (χ0n) is 13.0. The molecule has 2 nitrogen and oxygen atoms in total. The van der Waals surface area contributed by atoms with Crippen LogP contribution in [0.1, 0.15) is 56.7 Å². The molecule has 2 atom stereocenters. The average molecular weight is 263 g/mol. The Kier molecular flexibility index (Phi) is 5.57. The summed E-state index contributed by atoms with van der Waals surface area (Å²) in [6.07, 6.45) is 0.946. The Bertz CT molecular complexity index is 402. The van der Waals surface area contributed by atoms with Gasteiger partial charge in [0.25, 0.3) is 0 Å². The Hall–Kier alpha value is -0.860. The first kappa shape index (κ1) is 16.2. The van der Waals surface area contributed by atoms with Gasteiger partial charge in [0, 0.05) is 6.61 Å². The van der Waals surface area contributed by atoms with E-state index in [0.29, 0.717) is 12.5 Å². The van der Waals surface area contributed by atoms with Crippen LogP contribution in [-0.4, -0.2) is 18.3 Å². The highest BCUT2D eigenvalue weighted by Gasteiger charge is 2.18. The molecule has 0 saturated heterocycles. The molecule has 1 aromatic rings. The van der Waals surface area contributed by atoms with Crippen molar-refractivity contribution in [3.8, 4) is 0 Å². The standard InChI is InChI=1S/C17H29NO/c1-12-6-7-15(17(3,4)5)9-16(12)13(2)8-14(10-18)11-19/h6-7,9,13-14,19H,8,10-11,18H2,1-5H3. The van der Waals surface area contributed by atoms with E-state index in [9.17, 15) is 5.11 Å². The van der Waals surface area contributed by atoms with Crippen LogP contribution in [0.2, 0.25) is 0 Å². The van der Waals surface area contributed by atoms with Crippen molar-refractivity contribution in [2.45, 2.75) is 52.4 Å². The summed E-state index contributed by atoms with van der Waals surface area (Å²) in [4.78, 5) is 0. The quantitative estimate of drug-likeness (QED) is 0.855. The van der Waals surface area contributed by atoms with Gasteiger partial charge in [-0.15, -0.1) is 0 Å². The lowest BCUT2D eigenvalue weighted by atomic mass is 9.81. The molecule has 19 heavy (non-hydrogen) atoms. The second-order valence-electron chi connectivity index (χ2n) is 6.74. The molecule has 0 radical (unpaired) electrons. The fraction of sp³-hybridized carbons (Fsp3) is 0.647. The van der Waals surface area contributed by atoms with Crippen LogP contribution in [0.25, 0.3) is 0 Å². The highest BCUT2D eigenvalue weighted by atomic mass is 16.3. The summed E-state index contributed by atoms with van der Waals surface area (Å²) in [5.41, 5.74) is 9.94. The van der Waals surface area contributed by atoms with Crippen LogP contribution in [0.4, 0.5) is 0 Å². The minimum Gasteiger partial charge on any atom is -0.396 e. The van der Waals surface area contributed by atoms with Crippen molar-refractivity contribution in [2.24, 2.45) is 11.7 Å². The third kappa shape index (κ3) is 4.32. The van der Waals surface area contributed by atoms with Gasteiger partial charge in [0.1, 0.15) is 0 Å². The van der Waals surface area contributed by atoms with Crippen molar-refractivity contribution in [3.63, 3.8) is 0 Å². The lowest BCUT2D eigenvalue weighted by Crippen LogP contribution is -2.20. The van der Waals surface area contributed by atoms with E-state index in [-0.39, 0.29) is 17.9 Å². The Morgan fingerprint density at radius 1 is 1.26 bits per heavy atom. The normalized spacial score (nSPS) is 15.3. The topological polar surface area (TPSA) is 46.2 Å². The molecule has 0 aromatic heterocycles. The molecule has 0 bridgehead atoms. The summed E-state index contributed by atoms with van der Waals surface area (Å²) in [6, 6.07) is 6.76. The molecule has 0 heterocycles. The molecule has 1 aromatic carbocycles. The van der Waals surface area contributed by atoms with Gasteiger partial charge >= 0.3 is 0 Å². The molecule has 2 unspecified atom stereocenters. The Labute approximate surface area is 118 Å². The van der Waals surface area contributed by atoms with Gasteiger partial charge < -0.3 is 10.8 Å². The van der Waals surface area contributed by atoms with Gasteiger partial charge in [-0.1, -0.05) is 45.9 Å². The molecule has 0 fully saturated rings. The lowest BCUT2D eigenvalue weighted by Gasteiger charge is -2.24. The molecule has 0 aliphatic rings. The van der Waals surface area contributed by atoms with Crippen molar-refractivity contribution < 1.29 is 5.11 Å². The minimum atomic E-state index is 0.173. The summed E-state index contributed by atoms with van der Waals surface area (Å²) < 4.78 is 0. The third-order valence-corrected chi connectivity index (χ3v) is 3.95. The van der Waals surface area contributed by atoms with E-state index in [4.69, 9.17) is 5.73 Å². The Morgan fingerprint density at radius 2 is 1.89 bits per heavy atom. The monoisotopic (exact) mass is 263 g/mol. The molecule has 3 N–H and O–H groups in total. The SMILES string of the molecule is Cc1ccc(C(C)(C)C)cc1C(C)CC(CN)CO. The molecular formula is C17H29NO. The molecule has 108 valence electrons. The van der Waals surface area contributed by atoms with Crippen molar-refractivity contribution in [1.82, 2.24) is 0 Å². The van der Waals surface area contributed by atoms with Gasteiger partial charge in [-0.2, -0.15) is 0 Å². The van der Waals surface area contributed by atoms with Gasteiger partial charge in [0.05, 0.1) is 0 Å². The van der Waals surface area contributed by atoms with Crippen LogP contribution < -0.4 is 5.73 Å². The summed E-state index contributed by atoms with van der Waals surface area (Å²) in [7, 11) is 0. The van der Waals surface area contributed by atoms with Crippen LogP contribution in [0.5, 0.6) is 0 Å². The first-order valence-electron chi connectivity index (χ1n) is 7.21. The van der Waals surface area contributed by atoms with E-state index < -0.39 is 0 Å². The number of aryl methyl sites for hydroxylation is 1. The number of rotatable bonds is 5. The van der Waals surface area contributed by atoms with Crippen molar-refractivity contribution >= 4 is 0 Å². The summed E-state index contributed by atoms with van der Waals surface area (Å²) in [5.74, 6) is 0.635. The summed E-state index contributed by atoms with van der Waals surface area (Å²) in [5, 5.41) is 9.29. The molecule has 1 rings (SSSR count). The van der Waals surface area contributed by atoms with Gasteiger partial charge in [0.15, 0.2) is 0 Å². The smallest absolute Gasteiger partial charge is 0.0471 e. The van der Waals surface area contributed by atoms with Crippen molar-refractivity contribution in [1.29, 1.82) is 0 Å². The van der Waals surface area contributed by atoms with E-state index in [2.05, 4.69) is 52.8 Å². The van der Waals surface area contributed by atoms with Crippen molar-refractivity contribution in [3.05, 3.63) is 34.9 Å². The Balaban J connectivity index is 2.98. The van der Waals surface area contributed by atoms with E-state index in [1.54, 1.807) is 0 Å². The fourth-order valence-corrected chi connectivity index (χ4v) is 2.51. The third-order valence-electron chi connectivity index (χ3n) is 3.95. The highest BCUT2D eigenvalue weighted by Crippen LogP contribution is 2.30. The van der Waals surface area contributed by atoms with Crippen LogP contribution in [0.3, 0.4) is 0 Å². The maximum absolute atomic E-state index is 9.29. The average Bonchev–Trinajstić information content (AvgIpc) is 2.34. The van der Waals surface area contributed by atoms with Crippen molar-refractivity contribution in [2.75, 3.05) is 13.2 Å². The highest BCUT2D eigenvalue weighted by molar-refractivity contribution is 5.36. The molecule has 0 saturated carbocycles. The largest absolute Gasteiger partial charge is 0.396 e. The maximum atomic E-state index is 9.29. The zero-order chi connectivity index (χ0) is 14.6. The maximum Gasteiger partial charge on any atom is 0.0471 e. The summed E-state index contributed by atoms with van der Waals surface area (Å²) in [6.45, 7) is 11.8. The van der Waals surface area contributed by atoms with Crippen LogP contribution in [0, 0.1) is 12.8 Å². The van der Waals surface area contributed by atoms with E-state index in [1.165, 1.54) is 16.7 Å². The van der Waals surface area contributed by atoms with Gasteiger partial charge in [0.2, 0.25) is 0 Å². The van der Waals surface area contributed by atoms with Gasteiger partial charge in [-0.3, -0.25) is 0 Å². The predicted molar refractivity (Wildman–Crippen MR) is 82.5 cm³/mol. The molecule has 0 amide bonds. The summed E-state index contributed by atoms with van der Waals surface area (Å²) >= 11 is 0. The molecule has 0 aliphatic heterocycles. The zero-order valence-corrected chi connectivity index (χ0v) is 13.0. The van der Waals surface area contributed by atoms with E-state index >= 15 is 0 Å². The number of nitrogens with two attached hydrogens (primary N) is 1.